The highest BCUT2D eigenvalue weighted by Gasteiger charge is 2.19. The third-order valence-electron chi connectivity index (χ3n) is 4.60. The molecular weight excluding hydrogens is 410 g/mol. The SMILES string of the molecule is CCN(CC)CCN(C(=O)C=Cc1cccs1)c1nc2c(C)cc(Cl)cc2s1. The summed E-state index contributed by atoms with van der Waals surface area (Å²) in [6.07, 6.45) is 3.51. The molecule has 0 atom stereocenters. The second-order valence-electron chi connectivity index (χ2n) is 6.43. The molecule has 0 unspecified atom stereocenters. The van der Waals surface area contributed by atoms with Crippen molar-refractivity contribution >= 4 is 61.6 Å². The van der Waals surface area contributed by atoms with E-state index in [0.717, 1.165) is 40.3 Å². The lowest BCUT2D eigenvalue weighted by molar-refractivity contribution is -0.114. The van der Waals surface area contributed by atoms with E-state index in [4.69, 9.17) is 16.6 Å². The van der Waals surface area contributed by atoms with E-state index in [1.807, 2.05) is 42.6 Å². The van der Waals surface area contributed by atoms with E-state index in [-0.39, 0.29) is 5.91 Å². The minimum atomic E-state index is -0.0524. The van der Waals surface area contributed by atoms with Gasteiger partial charge >= 0.3 is 0 Å². The lowest BCUT2D eigenvalue weighted by Crippen LogP contribution is -2.38. The van der Waals surface area contributed by atoms with E-state index in [1.165, 1.54) is 11.3 Å². The molecule has 0 aliphatic heterocycles. The number of carbonyl (C=O) groups excluding carboxylic acids is 1. The first kappa shape index (κ1) is 21.0. The lowest BCUT2D eigenvalue weighted by Gasteiger charge is -2.23. The van der Waals surface area contributed by atoms with Crippen molar-refractivity contribution in [2.75, 3.05) is 31.1 Å². The second kappa shape index (κ2) is 9.65. The summed E-state index contributed by atoms with van der Waals surface area (Å²) in [7, 11) is 0. The first-order valence-corrected chi connectivity index (χ1v) is 11.4. The van der Waals surface area contributed by atoms with Crippen LogP contribution in [-0.4, -0.2) is 42.0 Å². The van der Waals surface area contributed by atoms with E-state index < -0.39 is 0 Å². The second-order valence-corrected chi connectivity index (χ2v) is 8.86. The molecule has 28 heavy (non-hydrogen) atoms. The molecule has 1 aromatic carbocycles. The third kappa shape index (κ3) is 5.00. The van der Waals surface area contributed by atoms with Gasteiger partial charge in [0, 0.05) is 29.1 Å². The fourth-order valence-corrected chi connectivity index (χ4v) is 5.04. The third-order valence-corrected chi connectivity index (χ3v) is 6.68. The van der Waals surface area contributed by atoms with Gasteiger partial charge in [-0.05, 0) is 55.2 Å². The van der Waals surface area contributed by atoms with Crippen molar-refractivity contribution in [1.29, 1.82) is 0 Å². The van der Waals surface area contributed by atoms with Gasteiger partial charge in [-0.25, -0.2) is 4.98 Å². The average molecular weight is 434 g/mol. The number of likely N-dealkylation sites (N-methyl/N-ethyl adjacent to an activating group) is 1. The molecule has 0 spiro atoms. The summed E-state index contributed by atoms with van der Waals surface area (Å²) in [6, 6.07) is 7.80. The van der Waals surface area contributed by atoms with Gasteiger partial charge in [0.2, 0.25) is 0 Å². The number of thiazole rings is 1. The van der Waals surface area contributed by atoms with E-state index in [1.54, 1.807) is 22.3 Å². The zero-order valence-corrected chi connectivity index (χ0v) is 18.7. The van der Waals surface area contributed by atoms with Crippen LogP contribution in [0.2, 0.25) is 5.02 Å². The molecule has 1 amide bonds. The first-order chi connectivity index (χ1) is 13.5. The monoisotopic (exact) mass is 433 g/mol. The molecule has 0 saturated heterocycles. The van der Waals surface area contributed by atoms with Crippen LogP contribution >= 0.6 is 34.3 Å². The normalized spacial score (nSPS) is 11.8. The molecule has 3 rings (SSSR count). The number of hydrogen-bond acceptors (Lipinski definition) is 5. The Morgan fingerprint density at radius 1 is 1.25 bits per heavy atom. The van der Waals surface area contributed by atoms with Gasteiger partial charge in [0.25, 0.3) is 5.91 Å². The summed E-state index contributed by atoms with van der Waals surface area (Å²) in [4.78, 5) is 22.9. The molecule has 0 aliphatic rings. The van der Waals surface area contributed by atoms with Gasteiger partial charge in [0.05, 0.1) is 10.2 Å². The number of rotatable bonds is 8. The maximum absolute atomic E-state index is 13.0. The smallest absolute Gasteiger partial charge is 0.252 e. The van der Waals surface area contributed by atoms with Gasteiger partial charge < -0.3 is 4.90 Å². The minimum Gasteiger partial charge on any atom is -0.302 e. The molecule has 148 valence electrons. The van der Waals surface area contributed by atoms with Gasteiger partial charge in [0.1, 0.15) is 0 Å². The number of nitrogens with zero attached hydrogens (tertiary/aromatic N) is 3. The molecule has 0 bridgehead atoms. The van der Waals surface area contributed by atoms with Crippen molar-refractivity contribution < 1.29 is 4.79 Å². The zero-order chi connectivity index (χ0) is 20.1. The predicted molar refractivity (Wildman–Crippen MR) is 123 cm³/mol. The highest BCUT2D eigenvalue weighted by Crippen LogP contribution is 2.33. The lowest BCUT2D eigenvalue weighted by atomic mass is 10.2. The molecule has 3 aromatic rings. The van der Waals surface area contributed by atoms with Crippen LogP contribution in [-0.2, 0) is 4.79 Å². The molecular formula is C21H24ClN3OS2. The molecule has 4 nitrogen and oxygen atoms in total. The summed E-state index contributed by atoms with van der Waals surface area (Å²) in [5.41, 5.74) is 1.93. The topological polar surface area (TPSA) is 36.4 Å². The first-order valence-electron chi connectivity index (χ1n) is 9.34. The number of hydrogen-bond donors (Lipinski definition) is 0. The van der Waals surface area contributed by atoms with Gasteiger partial charge in [-0.1, -0.05) is 42.9 Å². The number of benzene rings is 1. The molecule has 7 heteroatoms. The molecule has 0 fully saturated rings. The Labute approximate surface area is 179 Å². The number of fused-ring (bicyclic) bond motifs is 1. The van der Waals surface area contributed by atoms with Crippen LogP contribution in [0.5, 0.6) is 0 Å². The van der Waals surface area contributed by atoms with E-state index in [0.29, 0.717) is 16.7 Å². The fraction of sp³-hybridized carbons (Fsp3) is 0.333. The molecule has 0 N–H and O–H groups in total. The largest absolute Gasteiger partial charge is 0.302 e. The highest BCUT2D eigenvalue weighted by molar-refractivity contribution is 7.22. The van der Waals surface area contributed by atoms with Crippen molar-refractivity contribution in [2.45, 2.75) is 20.8 Å². The van der Waals surface area contributed by atoms with Crippen molar-refractivity contribution in [3.8, 4) is 0 Å². The number of anilines is 1. The van der Waals surface area contributed by atoms with Crippen LogP contribution in [0.25, 0.3) is 16.3 Å². The van der Waals surface area contributed by atoms with Gasteiger partial charge in [0.15, 0.2) is 5.13 Å². The molecule has 2 aromatic heterocycles. The van der Waals surface area contributed by atoms with Crippen LogP contribution in [0.3, 0.4) is 0 Å². The van der Waals surface area contributed by atoms with E-state index >= 15 is 0 Å². The highest BCUT2D eigenvalue weighted by atomic mass is 35.5. The van der Waals surface area contributed by atoms with Crippen LogP contribution in [0.4, 0.5) is 5.13 Å². The van der Waals surface area contributed by atoms with E-state index in [9.17, 15) is 4.79 Å². The van der Waals surface area contributed by atoms with E-state index in [2.05, 4.69) is 18.7 Å². The number of thiophene rings is 1. The number of aryl methyl sites for hydroxylation is 1. The Morgan fingerprint density at radius 2 is 2.04 bits per heavy atom. The molecule has 0 radical (unpaired) electrons. The standard InChI is InChI=1S/C21H24ClN3OS2/c1-4-24(5-2)10-11-25(19(26)9-8-17-7-6-12-27-17)21-23-20-15(3)13-16(22)14-18(20)28-21/h6-9,12-14H,4-5,10-11H2,1-3H3. The molecule has 0 saturated carbocycles. The number of aromatic nitrogens is 1. The maximum Gasteiger partial charge on any atom is 0.252 e. The summed E-state index contributed by atoms with van der Waals surface area (Å²) in [5, 5.41) is 3.41. The van der Waals surface area contributed by atoms with Crippen molar-refractivity contribution in [2.24, 2.45) is 0 Å². The van der Waals surface area contributed by atoms with Crippen LogP contribution in [0.1, 0.15) is 24.3 Å². The quantitative estimate of drug-likeness (QED) is 0.427. The van der Waals surface area contributed by atoms with Crippen molar-refractivity contribution in [1.82, 2.24) is 9.88 Å². The zero-order valence-electron chi connectivity index (χ0n) is 16.3. The molecule has 2 heterocycles. The number of amides is 1. The Kier molecular flexibility index (Phi) is 7.24. The minimum absolute atomic E-state index is 0.0524. The number of halogens is 1. The van der Waals surface area contributed by atoms with Crippen LogP contribution in [0, 0.1) is 6.92 Å². The Balaban J connectivity index is 1.90. The van der Waals surface area contributed by atoms with Gasteiger partial charge in [-0.2, -0.15) is 0 Å². The Hall–Kier alpha value is -1.73. The van der Waals surface area contributed by atoms with Crippen molar-refractivity contribution in [3.05, 3.63) is 51.2 Å². The Morgan fingerprint density at radius 3 is 2.71 bits per heavy atom. The van der Waals surface area contributed by atoms with Crippen LogP contribution in [0.15, 0.2) is 35.7 Å². The predicted octanol–water partition coefficient (Wildman–Crippen LogP) is 5.71. The van der Waals surface area contributed by atoms with Gasteiger partial charge in [-0.15, -0.1) is 11.3 Å². The van der Waals surface area contributed by atoms with Gasteiger partial charge in [-0.3, -0.25) is 9.69 Å². The van der Waals surface area contributed by atoms with Crippen molar-refractivity contribution in [3.63, 3.8) is 0 Å². The summed E-state index contributed by atoms with van der Waals surface area (Å²) in [6.45, 7) is 9.58. The summed E-state index contributed by atoms with van der Waals surface area (Å²) in [5.74, 6) is -0.0524. The summed E-state index contributed by atoms with van der Waals surface area (Å²) >= 11 is 9.33. The number of carbonyl (C=O) groups is 1. The molecule has 0 aliphatic carbocycles. The van der Waals surface area contributed by atoms with Crippen LogP contribution < -0.4 is 4.90 Å². The maximum atomic E-state index is 13.0. The summed E-state index contributed by atoms with van der Waals surface area (Å²) < 4.78 is 1.00. The fourth-order valence-electron chi connectivity index (χ4n) is 2.97. The average Bonchev–Trinajstić information content (AvgIpc) is 3.33. The Bertz CT molecular complexity index is 962.